The van der Waals surface area contributed by atoms with Crippen LogP contribution in [0.4, 0.5) is 10.2 Å². The number of rotatable bonds is 8. The summed E-state index contributed by atoms with van der Waals surface area (Å²) >= 11 is 0. The molecule has 4 aromatic rings. The number of amides is 1. The normalized spacial score (nSPS) is 11.6. The molecule has 1 atom stereocenters. The Kier molecular flexibility index (Phi) is 7.06. The topological polar surface area (TPSA) is 95.6 Å². The van der Waals surface area contributed by atoms with Gasteiger partial charge >= 0.3 is 0 Å². The summed E-state index contributed by atoms with van der Waals surface area (Å²) in [6.45, 7) is 0.509. The first-order valence-corrected chi connectivity index (χ1v) is 10.8. The van der Waals surface area contributed by atoms with E-state index in [2.05, 4.69) is 26.8 Å². The van der Waals surface area contributed by atoms with Gasteiger partial charge in [0.15, 0.2) is 11.6 Å². The van der Waals surface area contributed by atoms with Crippen LogP contribution in [0, 0.1) is 17.1 Å². The Bertz CT molecular complexity index is 1310. The van der Waals surface area contributed by atoms with Gasteiger partial charge in [-0.25, -0.2) is 9.37 Å². The van der Waals surface area contributed by atoms with Gasteiger partial charge in [-0.2, -0.15) is 10.4 Å². The van der Waals surface area contributed by atoms with Gasteiger partial charge in [-0.15, -0.1) is 0 Å². The molecule has 0 bridgehead atoms. The van der Waals surface area contributed by atoms with Crippen molar-refractivity contribution in [3.63, 3.8) is 0 Å². The fraction of sp³-hybridized carbons (Fsp3) is 0.154. The molecule has 170 valence electrons. The van der Waals surface area contributed by atoms with E-state index in [1.807, 2.05) is 42.5 Å². The van der Waals surface area contributed by atoms with Crippen LogP contribution < -0.4 is 10.6 Å². The molecular weight excluding hydrogens is 431 g/mol. The first kappa shape index (κ1) is 22.8. The second-order valence-corrected chi connectivity index (χ2v) is 7.80. The second-order valence-electron chi connectivity index (χ2n) is 7.80. The van der Waals surface area contributed by atoms with Crippen LogP contribution in [0.25, 0.3) is 11.1 Å². The van der Waals surface area contributed by atoms with E-state index >= 15 is 0 Å². The molecular formula is C26H23FN6O. The number of aryl methyl sites for hydroxylation is 1. The summed E-state index contributed by atoms with van der Waals surface area (Å²) in [6.07, 6.45) is 5.55. The van der Waals surface area contributed by atoms with E-state index in [-0.39, 0.29) is 5.82 Å². The highest BCUT2D eigenvalue weighted by Gasteiger charge is 2.22. The van der Waals surface area contributed by atoms with Gasteiger partial charge in [0.1, 0.15) is 6.04 Å². The third-order valence-corrected chi connectivity index (χ3v) is 5.36. The first-order valence-electron chi connectivity index (χ1n) is 10.8. The number of carbonyl (C=O) groups excluding carboxylic acids is 1. The minimum Gasteiger partial charge on any atom is -0.307 e. The van der Waals surface area contributed by atoms with Crippen LogP contribution in [-0.4, -0.2) is 27.2 Å². The van der Waals surface area contributed by atoms with E-state index in [0.717, 1.165) is 16.7 Å². The number of anilines is 1. The van der Waals surface area contributed by atoms with Crippen LogP contribution in [0.3, 0.4) is 0 Å². The Hall–Kier alpha value is -4.35. The van der Waals surface area contributed by atoms with E-state index in [1.54, 1.807) is 36.3 Å². The van der Waals surface area contributed by atoms with Gasteiger partial charge in [-0.05, 0) is 35.7 Å². The summed E-state index contributed by atoms with van der Waals surface area (Å²) in [6, 6.07) is 19.3. The van der Waals surface area contributed by atoms with E-state index in [4.69, 9.17) is 5.26 Å². The molecule has 0 aliphatic heterocycles. The third-order valence-electron chi connectivity index (χ3n) is 5.36. The molecule has 0 aliphatic carbocycles. The van der Waals surface area contributed by atoms with Crippen molar-refractivity contribution in [1.82, 2.24) is 20.1 Å². The zero-order valence-electron chi connectivity index (χ0n) is 18.6. The smallest absolute Gasteiger partial charge is 0.247 e. The minimum atomic E-state index is -0.696. The molecule has 0 aliphatic rings. The predicted molar refractivity (Wildman–Crippen MR) is 127 cm³/mol. The Morgan fingerprint density at radius 3 is 2.53 bits per heavy atom. The maximum Gasteiger partial charge on any atom is 0.247 e. The molecule has 4 rings (SSSR count). The third kappa shape index (κ3) is 5.52. The quantitative estimate of drug-likeness (QED) is 0.420. The maximum absolute atomic E-state index is 14.8. The summed E-state index contributed by atoms with van der Waals surface area (Å²) in [5, 5.41) is 18.9. The highest BCUT2D eigenvalue weighted by atomic mass is 19.1. The summed E-state index contributed by atoms with van der Waals surface area (Å²) in [7, 11) is 1.78. The molecule has 0 spiro atoms. The molecule has 7 nitrogen and oxygen atoms in total. The fourth-order valence-corrected chi connectivity index (χ4v) is 3.56. The average Bonchev–Trinajstić information content (AvgIpc) is 3.30. The Balaban J connectivity index is 1.46. The Labute approximate surface area is 196 Å². The molecule has 0 saturated carbocycles. The van der Waals surface area contributed by atoms with Crippen LogP contribution in [0.1, 0.15) is 22.7 Å². The van der Waals surface area contributed by atoms with Crippen molar-refractivity contribution in [1.29, 1.82) is 5.26 Å². The number of benzene rings is 2. The van der Waals surface area contributed by atoms with Crippen molar-refractivity contribution in [2.24, 2.45) is 7.05 Å². The Morgan fingerprint density at radius 1 is 1.12 bits per heavy atom. The minimum absolute atomic E-state index is 0.132. The van der Waals surface area contributed by atoms with E-state index in [1.165, 1.54) is 12.3 Å². The number of nitrogens with one attached hydrogen (secondary N) is 2. The van der Waals surface area contributed by atoms with Crippen LogP contribution in [0.15, 0.2) is 79.3 Å². The lowest BCUT2D eigenvalue weighted by atomic mass is 10.0. The summed E-state index contributed by atoms with van der Waals surface area (Å²) < 4.78 is 16.4. The number of nitriles is 1. The molecule has 2 aromatic carbocycles. The van der Waals surface area contributed by atoms with Crippen molar-refractivity contribution >= 4 is 11.7 Å². The van der Waals surface area contributed by atoms with Gasteiger partial charge < -0.3 is 10.6 Å². The highest BCUT2D eigenvalue weighted by molar-refractivity contribution is 5.95. The van der Waals surface area contributed by atoms with E-state index < -0.39 is 17.8 Å². The largest absolute Gasteiger partial charge is 0.307 e. The van der Waals surface area contributed by atoms with Crippen molar-refractivity contribution in [3.8, 4) is 17.2 Å². The second kappa shape index (κ2) is 10.5. The van der Waals surface area contributed by atoms with Crippen LogP contribution in [0.2, 0.25) is 0 Å². The van der Waals surface area contributed by atoms with Gasteiger partial charge in [0.2, 0.25) is 5.91 Å². The van der Waals surface area contributed by atoms with Crippen molar-refractivity contribution in [2.75, 3.05) is 11.9 Å². The van der Waals surface area contributed by atoms with E-state index in [9.17, 15) is 9.18 Å². The van der Waals surface area contributed by atoms with Crippen LogP contribution >= 0.6 is 0 Å². The number of carbonyl (C=O) groups is 1. The molecule has 0 fully saturated rings. The molecule has 0 saturated heterocycles. The molecule has 1 amide bonds. The van der Waals surface area contributed by atoms with Crippen molar-refractivity contribution in [3.05, 3.63) is 102 Å². The maximum atomic E-state index is 14.8. The monoisotopic (exact) mass is 454 g/mol. The first-order chi connectivity index (χ1) is 16.5. The number of halogens is 1. The number of hydrogen-bond acceptors (Lipinski definition) is 5. The van der Waals surface area contributed by atoms with Gasteiger partial charge in [0.05, 0.1) is 17.8 Å². The number of pyridine rings is 1. The lowest BCUT2D eigenvalue weighted by Gasteiger charge is -2.19. The molecule has 0 unspecified atom stereocenters. The molecule has 2 N–H and O–H groups in total. The molecule has 2 aromatic heterocycles. The van der Waals surface area contributed by atoms with Crippen molar-refractivity contribution < 1.29 is 9.18 Å². The van der Waals surface area contributed by atoms with Gasteiger partial charge in [0.25, 0.3) is 0 Å². The zero-order valence-corrected chi connectivity index (χ0v) is 18.6. The Morgan fingerprint density at radius 2 is 1.88 bits per heavy atom. The van der Waals surface area contributed by atoms with Crippen LogP contribution in [0.5, 0.6) is 0 Å². The average molecular weight is 455 g/mol. The van der Waals surface area contributed by atoms with Gasteiger partial charge in [0, 0.05) is 37.1 Å². The van der Waals surface area contributed by atoms with E-state index in [0.29, 0.717) is 24.1 Å². The lowest BCUT2D eigenvalue weighted by molar-refractivity contribution is -0.118. The molecule has 34 heavy (non-hydrogen) atoms. The number of aromatic nitrogens is 3. The fourth-order valence-electron chi connectivity index (χ4n) is 3.56. The molecule has 2 heterocycles. The summed E-state index contributed by atoms with van der Waals surface area (Å²) in [5.41, 5.74) is 3.70. The number of hydrogen-bond donors (Lipinski definition) is 2. The summed E-state index contributed by atoms with van der Waals surface area (Å²) in [4.78, 5) is 17.2. The predicted octanol–water partition coefficient (Wildman–Crippen LogP) is 4.00. The molecule has 8 heteroatoms. The SMILES string of the molecule is Cn1cc(-c2cnc(NC(=O)[C@H](NCCc3ccc(C#N)cc3)c3ccccc3)c(F)c2)cn1. The van der Waals surface area contributed by atoms with Crippen molar-refractivity contribution in [2.45, 2.75) is 12.5 Å². The lowest BCUT2D eigenvalue weighted by Crippen LogP contribution is -2.34. The van der Waals surface area contributed by atoms with Gasteiger partial charge in [-0.3, -0.25) is 9.48 Å². The van der Waals surface area contributed by atoms with Gasteiger partial charge in [-0.1, -0.05) is 42.5 Å². The zero-order chi connectivity index (χ0) is 23.9. The standard InChI is InChI=1S/C26H23FN6O/c1-33-17-22(16-31-33)21-13-23(27)25(30-15-21)32-26(34)24(20-5-3-2-4-6-20)29-12-11-18-7-9-19(14-28)10-8-18/h2-10,13,15-17,24,29H,11-12H2,1H3,(H,30,32,34)/t24-/m1/s1. The molecule has 0 radical (unpaired) electrons. The number of nitrogens with zero attached hydrogens (tertiary/aromatic N) is 4. The summed E-state index contributed by atoms with van der Waals surface area (Å²) in [5.74, 6) is -1.17. The highest BCUT2D eigenvalue weighted by Crippen LogP contribution is 2.23. The van der Waals surface area contributed by atoms with Crippen LogP contribution in [-0.2, 0) is 18.3 Å².